The van der Waals surface area contributed by atoms with E-state index in [0.29, 0.717) is 0 Å². The molecule has 0 saturated heterocycles. The van der Waals surface area contributed by atoms with E-state index < -0.39 is 10.8 Å². The first kappa shape index (κ1) is 8.43. The Kier molecular flexibility index (Phi) is 3.64. The van der Waals surface area contributed by atoms with Gasteiger partial charge in [0.15, 0.2) is 0 Å². The van der Waals surface area contributed by atoms with Crippen molar-refractivity contribution in [2.24, 2.45) is 0 Å². The molecular formula is C4H6Br2O2. The summed E-state index contributed by atoms with van der Waals surface area (Å²) in [5.74, 6) is -0.839. The summed E-state index contributed by atoms with van der Waals surface area (Å²) >= 11 is 6.07. The second-order valence-corrected chi connectivity index (χ2v) is 3.85. The summed E-state index contributed by atoms with van der Waals surface area (Å²) < 4.78 is 0. The van der Waals surface area contributed by atoms with Crippen molar-refractivity contribution in [1.82, 2.24) is 0 Å². The standard InChI is InChI=1S/C4H6Br2O2/c1-2(5)3(6)4(7)8/h2-3H,1H3,(H,7,8)/t2-,3-/m1/s1. The van der Waals surface area contributed by atoms with Crippen LogP contribution in [0.5, 0.6) is 0 Å². The van der Waals surface area contributed by atoms with Gasteiger partial charge >= 0.3 is 5.97 Å². The Morgan fingerprint density at radius 2 is 2.00 bits per heavy atom. The Labute approximate surface area is 64.5 Å². The quantitative estimate of drug-likeness (QED) is 0.751. The summed E-state index contributed by atoms with van der Waals surface area (Å²) in [6.07, 6.45) is 0. The molecule has 0 radical (unpaired) electrons. The van der Waals surface area contributed by atoms with Crippen LogP contribution in [0, 0.1) is 0 Å². The lowest BCUT2D eigenvalue weighted by atomic mass is 10.3. The van der Waals surface area contributed by atoms with E-state index in [-0.39, 0.29) is 4.83 Å². The molecule has 0 amide bonds. The van der Waals surface area contributed by atoms with Gasteiger partial charge in [-0.25, -0.2) is 0 Å². The van der Waals surface area contributed by atoms with E-state index in [1.54, 1.807) is 6.92 Å². The highest BCUT2D eigenvalue weighted by Gasteiger charge is 2.17. The summed E-state index contributed by atoms with van der Waals surface area (Å²) in [4.78, 5) is 9.55. The molecule has 0 rings (SSSR count). The number of carboxylic acid groups (broad SMARTS) is 1. The minimum Gasteiger partial charge on any atom is -0.480 e. The van der Waals surface area contributed by atoms with Gasteiger partial charge in [0, 0.05) is 4.83 Å². The van der Waals surface area contributed by atoms with Gasteiger partial charge in [-0.1, -0.05) is 38.8 Å². The third-order valence-electron chi connectivity index (χ3n) is 0.639. The van der Waals surface area contributed by atoms with Gasteiger partial charge in [0.25, 0.3) is 0 Å². The molecule has 0 aromatic carbocycles. The number of hydrogen-bond donors (Lipinski definition) is 1. The van der Waals surface area contributed by atoms with Crippen molar-refractivity contribution >= 4 is 37.8 Å². The number of carbonyl (C=O) groups is 1. The molecule has 8 heavy (non-hydrogen) atoms. The van der Waals surface area contributed by atoms with Gasteiger partial charge in [-0.3, -0.25) is 4.79 Å². The fourth-order valence-corrected chi connectivity index (χ4v) is 0.423. The Balaban J connectivity index is 3.64. The van der Waals surface area contributed by atoms with Crippen LogP contribution >= 0.6 is 31.9 Å². The Morgan fingerprint density at radius 3 is 2.00 bits per heavy atom. The lowest BCUT2D eigenvalue weighted by molar-refractivity contribution is -0.136. The maximum absolute atomic E-state index is 10.1. The summed E-state index contributed by atoms with van der Waals surface area (Å²) in [7, 11) is 0. The Bertz CT molecular complexity index is 92.0. The van der Waals surface area contributed by atoms with Crippen molar-refractivity contribution in [2.75, 3.05) is 0 Å². The van der Waals surface area contributed by atoms with Gasteiger partial charge in [0.1, 0.15) is 4.83 Å². The maximum atomic E-state index is 10.1. The highest BCUT2D eigenvalue weighted by atomic mass is 79.9. The molecule has 0 aromatic rings. The van der Waals surface area contributed by atoms with Crippen LogP contribution in [0.15, 0.2) is 0 Å². The molecule has 0 bridgehead atoms. The monoisotopic (exact) mass is 244 g/mol. The number of hydrogen-bond acceptors (Lipinski definition) is 1. The zero-order valence-corrected chi connectivity index (χ0v) is 7.44. The number of halogens is 2. The molecule has 0 aliphatic rings. The maximum Gasteiger partial charge on any atom is 0.318 e. The topological polar surface area (TPSA) is 37.3 Å². The minimum atomic E-state index is -0.839. The van der Waals surface area contributed by atoms with Gasteiger partial charge in [0.2, 0.25) is 0 Å². The normalized spacial score (nSPS) is 17.4. The van der Waals surface area contributed by atoms with Crippen LogP contribution in [0.3, 0.4) is 0 Å². The van der Waals surface area contributed by atoms with Gasteiger partial charge in [-0.15, -0.1) is 0 Å². The molecule has 0 aliphatic heterocycles. The van der Waals surface area contributed by atoms with Gasteiger partial charge in [0.05, 0.1) is 0 Å². The summed E-state index contributed by atoms with van der Waals surface area (Å²) in [6, 6.07) is 0. The van der Waals surface area contributed by atoms with Crippen LogP contribution < -0.4 is 0 Å². The molecule has 0 spiro atoms. The van der Waals surface area contributed by atoms with Crippen LogP contribution in [0.25, 0.3) is 0 Å². The lowest BCUT2D eigenvalue weighted by Gasteiger charge is -2.03. The SMILES string of the molecule is C[C@@H](Br)[C@@H](Br)C(=O)O. The first-order valence-corrected chi connectivity index (χ1v) is 3.89. The molecule has 1 N–H and O–H groups in total. The molecule has 0 aromatic heterocycles. The number of aliphatic carboxylic acids is 1. The average Bonchev–Trinajstić information content (AvgIpc) is 1.64. The Hall–Kier alpha value is 0.430. The number of carboxylic acids is 1. The van der Waals surface area contributed by atoms with Crippen molar-refractivity contribution < 1.29 is 9.90 Å². The van der Waals surface area contributed by atoms with Crippen molar-refractivity contribution in [1.29, 1.82) is 0 Å². The number of alkyl halides is 2. The molecule has 2 atom stereocenters. The molecule has 0 aliphatic carbocycles. The molecule has 0 unspecified atom stereocenters. The molecule has 2 nitrogen and oxygen atoms in total. The van der Waals surface area contributed by atoms with Crippen LogP contribution in [-0.4, -0.2) is 20.7 Å². The zero-order valence-electron chi connectivity index (χ0n) is 4.27. The third-order valence-corrected chi connectivity index (χ3v) is 3.06. The van der Waals surface area contributed by atoms with E-state index in [4.69, 9.17) is 5.11 Å². The third kappa shape index (κ3) is 2.67. The van der Waals surface area contributed by atoms with E-state index in [1.807, 2.05) is 0 Å². The van der Waals surface area contributed by atoms with E-state index in [9.17, 15) is 4.79 Å². The predicted octanol–water partition coefficient (Wildman–Crippen LogP) is 1.62. The highest BCUT2D eigenvalue weighted by Crippen LogP contribution is 2.12. The summed E-state index contributed by atoms with van der Waals surface area (Å²) in [5.41, 5.74) is 0. The zero-order chi connectivity index (χ0) is 6.73. The molecule has 0 saturated carbocycles. The van der Waals surface area contributed by atoms with Crippen LogP contribution in [-0.2, 0) is 4.79 Å². The fraction of sp³-hybridized carbons (Fsp3) is 0.750. The van der Waals surface area contributed by atoms with Gasteiger partial charge in [-0.2, -0.15) is 0 Å². The van der Waals surface area contributed by atoms with E-state index in [0.717, 1.165) is 0 Å². The second kappa shape index (κ2) is 3.45. The molecule has 48 valence electrons. The molecule has 0 heterocycles. The minimum absolute atomic E-state index is 0.0278. The first-order chi connectivity index (χ1) is 3.55. The Morgan fingerprint density at radius 1 is 1.62 bits per heavy atom. The van der Waals surface area contributed by atoms with E-state index >= 15 is 0 Å². The van der Waals surface area contributed by atoms with Crippen molar-refractivity contribution in [3.8, 4) is 0 Å². The van der Waals surface area contributed by atoms with Crippen LogP contribution in [0.2, 0.25) is 0 Å². The van der Waals surface area contributed by atoms with E-state index in [1.165, 1.54) is 0 Å². The van der Waals surface area contributed by atoms with Crippen molar-refractivity contribution in [3.63, 3.8) is 0 Å². The fourth-order valence-electron chi connectivity index (χ4n) is 0.196. The van der Waals surface area contributed by atoms with Crippen molar-refractivity contribution in [2.45, 2.75) is 16.6 Å². The largest absolute Gasteiger partial charge is 0.480 e. The van der Waals surface area contributed by atoms with Gasteiger partial charge < -0.3 is 5.11 Å². The molecular weight excluding hydrogens is 240 g/mol. The predicted molar refractivity (Wildman–Crippen MR) is 38.7 cm³/mol. The summed E-state index contributed by atoms with van der Waals surface area (Å²) in [6.45, 7) is 1.77. The average molecular weight is 246 g/mol. The second-order valence-electron chi connectivity index (χ2n) is 1.42. The molecule has 4 heteroatoms. The van der Waals surface area contributed by atoms with Crippen molar-refractivity contribution in [3.05, 3.63) is 0 Å². The van der Waals surface area contributed by atoms with Crippen LogP contribution in [0.4, 0.5) is 0 Å². The van der Waals surface area contributed by atoms with E-state index in [2.05, 4.69) is 31.9 Å². The summed E-state index contributed by atoms with van der Waals surface area (Å²) in [5, 5.41) is 8.28. The smallest absolute Gasteiger partial charge is 0.318 e. The number of rotatable bonds is 2. The van der Waals surface area contributed by atoms with Crippen LogP contribution in [0.1, 0.15) is 6.92 Å². The first-order valence-electron chi connectivity index (χ1n) is 2.06. The van der Waals surface area contributed by atoms with Gasteiger partial charge in [-0.05, 0) is 0 Å². The highest BCUT2D eigenvalue weighted by molar-refractivity contribution is 9.12. The lowest BCUT2D eigenvalue weighted by Crippen LogP contribution is -2.20. The molecule has 0 fully saturated rings.